The van der Waals surface area contributed by atoms with Crippen molar-refractivity contribution in [2.45, 2.75) is 45.6 Å². The number of hydrogen-bond acceptors (Lipinski definition) is 1. The third-order valence-electron chi connectivity index (χ3n) is 2.83. The maximum absolute atomic E-state index is 13.1. The van der Waals surface area contributed by atoms with Crippen LogP contribution in [0.25, 0.3) is 0 Å². The highest BCUT2D eigenvalue weighted by molar-refractivity contribution is 9.10. The summed E-state index contributed by atoms with van der Waals surface area (Å²) in [6.07, 6.45) is 2.31. The van der Waals surface area contributed by atoms with E-state index in [9.17, 15) is 9.50 Å². The van der Waals surface area contributed by atoms with Crippen molar-refractivity contribution in [1.82, 2.24) is 0 Å². The van der Waals surface area contributed by atoms with E-state index in [0.29, 0.717) is 16.8 Å². The van der Waals surface area contributed by atoms with E-state index in [0.717, 1.165) is 18.4 Å². The number of halogens is 2. The van der Waals surface area contributed by atoms with E-state index in [4.69, 9.17) is 0 Å². The van der Waals surface area contributed by atoms with Gasteiger partial charge in [-0.05, 0) is 59.3 Å². The molecule has 0 fully saturated rings. The molecule has 3 heteroatoms. The van der Waals surface area contributed by atoms with Gasteiger partial charge < -0.3 is 5.11 Å². The lowest BCUT2D eigenvalue weighted by molar-refractivity contribution is 0.0457. The number of rotatable bonds is 5. The highest BCUT2D eigenvalue weighted by atomic mass is 79.9. The molecule has 17 heavy (non-hydrogen) atoms. The van der Waals surface area contributed by atoms with E-state index in [1.807, 2.05) is 6.92 Å². The van der Waals surface area contributed by atoms with Gasteiger partial charge in [0.2, 0.25) is 0 Å². The largest absolute Gasteiger partial charge is 0.390 e. The first kappa shape index (κ1) is 14.7. The summed E-state index contributed by atoms with van der Waals surface area (Å²) >= 11 is 3.16. The molecule has 1 atom stereocenters. The summed E-state index contributed by atoms with van der Waals surface area (Å²) < 4.78 is 13.5. The Balaban J connectivity index is 2.65. The number of hydrogen-bond donors (Lipinski definition) is 1. The third-order valence-corrected chi connectivity index (χ3v) is 3.44. The highest BCUT2D eigenvalue weighted by Crippen LogP contribution is 2.24. The van der Waals surface area contributed by atoms with Gasteiger partial charge in [0.1, 0.15) is 5.82 Å². The second-order valence-electron chi connectivity index (χ2n) is 5.35. The number of aliphatic hydroxyl groups is 1. The summed E-state index contributed by atoms with van der Waals surface area (Å²) in [5, 5.41) is 10.3. The molecular formula is C14H20BrFO. The topological polar surface area (TPSA) is 20.2 Å². The molecule has 0 spiro atoms. The Morgan fingerprint density at radius 1 is 1.41 bits per heavy atom. The molecule has 1 nitrogen and oxygen atoms in total. The van der Waals surface area contributed by atoms with Crippen LogP contribution in [0.5, 0.6) is 0 Å². The Kier molecular flexibility index (Phi) is 5.14. The maximum atomic E-state index is 13.1. The summed E-state index contributed by atoms with van der Waals surface area (Å²) in [5.41, 5.74) is 0.230. The van der Waals surface area contributed by atoms with Crippen LogP contribution in [0.2, 0.25) is 0 Å². The molecule has 1 aromatic carbocycles. The first-order valence-corrected chi connectivity index (χ1v) is 6.76. The summed E-state index contributed by atoms with van der Waals surface area (Å²) in [4.78, 5) is 0. The van der Waals surface area contributed by atoms with Crippen molar-refractivity contribution in [2.75, 3.05) is 0 Å². The zero-order valence-corrected chi connectivity index (χ0v) is 12.2. The fraction of sp³-hybridized carbons (Fsp3) is 0.571. The minimum atomic E-state index is -0.721. The predicted octanol–water partition coefficient (Wildman–Crippen LogP) is 4.32. The van der Waals surface area contributed by atoms with E-state index >= 15 is 0 Å². The first-order valence-electron chi connectivity index (χ1n) is 5.96. The molecule has 0 saturated carbocycles. The Hall–Kier alpha value is -0.410. The Morgan fingerprint density at radius 2 is 2.06 bits per heavy atom. The van der Waals surface area contributed by atoms with Crippen molar-refractivity contribution >= 4 is 15.9 Å². The minimum absolute atomic E-state index is 0.268. The van der Waals surface area contributed by atoms with E-state index in [-0.39, 0.29) is 5.82 Å². The second kappa shape index (κ2) is 5.96. The predicted molar refractivity (Wildman–Crippen MR) is 72.5 cm³/mol. The second-order valence-corrected chi connectivity index (χ2v) is 6.21. The molecule has 0 aliphatic rings. The van der Waals surface area contributed by atoms with Gasteiger partial charge in [0.05, 0.1) is 10.1 Å². The fourth-order valence-electron chi connectivity index (χ4n) is 1.78. The van der Waals surface area contributed by atoms with E-state index in [2.05, 4.69) is 29.8 Å². The van der Waals surface area contributed by atoms with Crippen molar-refractivity contribution < 1.29 is 9.50 Å². The van der Waals surface area contributed by atoms with Gasteiger partial charge in [-0.2, -0.15) is 0 Å². The molecule has 1 aromatic rings. The molecule has 0 heterocycles. The molecule has 1 unspecified atom stereocenters. The van der Waals surface area contributed by atoms with Crippen molar-refractivity contribution in [1.29, 1.82) is 0 Å². The van der Waals surface area contributed by atoms with Crippen LogP contribution < -0.4 is 0 Å². The van der Waals surface area contributed by atoms with Gasteiger partial charge in [-0.25, -0.2) is 4.39 Å². The van der Waals surface area contributed by atoms with Gasteiger partial charge in [0.25, 0.3) is 0 Å². The molecule has 0 aliphatic carbocycles. The van der Waals surface area contributed by atoms with Crippen LogP contribution in [0.1, 0.15) is 39.2 Å². The Labute approximate surface area is 111 Å². The van der Waals surface area contributed by atoms with Gasteiger partial charge in [-0.15, -0.1) is 0 Å². The van der Waals surface area contributed by atoms with Crippen LogP contribution in [0.3, 0.4) is 0 Å². The lowest BCUT2D eigenvalue weighted by atomic mass is 9.89. The summed E-state index contributed by atoms with van der Waals surface area (Å²) in [6, 6.07) is 4.89. The SMILES string of the molecule is CC(C)CCC(C)(O)Cc1ccc(F)c(Br)c1. The van der Waals surface area contributed by atoms with Crippen LogP contribution in [0.4, 0.5) is 4.39 Å². The lowest BCUT2D eigenvalue weighted by Crippen LogP contribution is -2.27. The van der Waals surface area contributed by atoms with Crippen LogP contribution >= 0.6 is 15.9 Å². The normalized spacial score (nSPS) is 15.0. The molecule has 0 radical (unpaired) electrons. The quantitative estimate of drug-likeness (QED) is 0.859. The molecule has 0 amide bonds. The summed E-state index contributed by atoms with van der Waals surface area (Å²) in [6.45, 7) is 6.13. The molecule has 1 rings (SSSR count). The molecule has 0 aliphatic heterocycles. The van der Waals surface area contributed by atoms with E-state index in [1.165, 1.54) is 6.07 Å². The van der Waals surface area contributed by atoms with E-state index < -0.39 is 5.60 Å². The van der Waals surface area contributed by atoms with Gasteiger partial charge in [-0.1, -0.05) is 19.9 Å². The molecule has 0 bridgehead atoms. The van der Waals surface area contributed by atoms with Crippen molar-refractivity contribution in [3.63, 3.8) is 0 Å². The highest BCUT2D eigenvalue weighted by Gasteiger charge is 2.21. The van der Waals surface area contributed by atoms with Gasteiger partial charge >= 0.3 is 0 Å². The molecule has 0 aromatic heterocycles. The van der Waals surface area contributed by atoms with Crippen LogP contribution in [-0.4, -0.2) is 10.7 Å². The lowest BCUT2D eigenvalue weighted by Gasteiger charge is -2.24. The minimum Gasteiger partial charge on any atom is -0.390 e. The van der Waals surface area contributed by atoms with Crippen LogP contribution in [-0.2, 0) is 6.42 Å². The standard InChI is InChI=1S/C14H20BrFO/c1-10(2)6-7-14(3,17)9-11-4-5-13(16)12(15)8-11/h4-5,8,10,17H,6-7,9H2,1-3H3. The smallest absolute Gasteiger partial charge is 0.137 e. The third kappa shape index (κ3) is 5.17. The van der Waals surface area contributed by atoms with Crippen LogP contribution in [0.15, 0.2) is 22.7 Å². The first-order chi connectivity index (χ1) is 7.80. The summed E-state index contributed by atoms with van der Waals surface area (Å²) in [5.74, 6) is 0.317. The molecule has 1 N–H and O–H groups in total. The van der Waals surface area contributed by atoms with Crippen LogP contribution in [0, 0.1) is 11.7 Å². The summed E-state index contributed by atoms with van der Waals surface area (Å²) in [7, 11) is 0. The zero-order chi connectivity index (χ0) is 13.1. The Morgan fingerprint density at radius 3 is 2.59 bits per heavy atom. The number of benzene rings is 1. The average Bonchev–Trinajstić information content (AvgIpc) is 2.21. The molecular weight excluding hydrogens is 283 g/mol. The average molecular weight is 303 g/mol. The fourth-order valence-corrected chi connectivity index (χ4v) is 2.20. The Bertz CT molecular complexity index is 374. The van der Waals surface area contributed by atoms with Gasteiger partial charge in [0.15, 0.2) is 0 Å². The van der Waals surface area contributed by atoms with Crippen molar-refractivity contribution in [2.24, 2.45) is 5.92 Å². The van der Waals surface area contributed by atoms with Gasteiger partial charge in [0, 0.05) is 6.42 Å². The monoisotopic (exact) mass is 302 g/mol. The van der Waals surface area contributed by atoms with Crippen molar-refractivity contribution in [3.8, 4) is 0 Å². The zero-order valence-electron chi connectivity index (χ0n) is 10.6. The molecule has 96 valence electrons. The van der Waals surface area contributed by atoms with E-state index in [1.54, 1.807) is 12.1 Å². The maximum Gasteiger partial charge on any atom is 0.137 e. The van der Waals surface area contributed by atoms with Gasteiger partial charge in [-0.3, -0.25) is 0 Å². The van der Waals surface area contributed by atoms with Crippen molar-refractivity contribution in [3.05, 3.63) is 34.1 Å². The molecule has 0 saturated heterocycles.